The van der Waals surface area contributed by atoms with Crippen molar-refractivity contribution in [3.8, 4) is 17.2 Å². The molecule has 4 rings (SSSR count). The van der Waals surface area contributed by atoms with Gasteiger partial charge < -0.3 is 38.3 Å². The summed E-state index contributed by atoms with van der Waals surface area (Å²) in [6, 6.07) is 23.8. The van der Waals surface area contributed by atoms with Crippen molar-refractivity contribution in [2.75, 3.05) is 33.0 Å². The van der Waals surface area contributed by atoms with E-state index in [2.05, 4.69) is 13.2 Å². The zero-order chi connectivity index (χ0) is 46.1. The number of aliphatic hydroxyl groups is 1. The van der Waals surface area contributed by atoms with Gasteiger partial charge in [0.2, 0.25) is 0 Å². The third kappa shape index (κ3) is 17.4. The Balaban J connectivity index is 1.11. The first-order chi connectivity index (χ1) is 31.0. The van der Waals surface area contributed by atoms with Gasteiger partial charge in [-0.1, -0.05) is 32.2 Å². The standard InChI is InChI=1S/C50H54O14/c1-4-45(52)59-29-8-6-7-11-36-12-14-38(15-13-36)49(56)63-43-23-18-37(19-24-43)47(54)61-31-26-35(3)27-32-62-48(55)40-20-25-44(41(33-40)34-51)64-50(57)39-16-21-42(22-17-39)58-28-9-10-30-60-46(53)5-2/h4-5,12-25,33,35,51H,1-2,6-11,26-32,34H2,3H3. The first-order valence-corrected chi connectivity index (χ1v) is 21.0. The van der Waals surface area contributed by atoms with Gasteiger partial charge in [0.1, 0.15) is 17.2 Å². The molecular weight excluding hydrogens is 825 g/mol. The van der Waals surface area contributed by atoms with Crippen LogP contribution >= 0.6 is 0 Å². The third-order valence-electron chi connectivity index (χ3n) is 9.68. The van der Waals surface area contributed by atoms with E-state index in [9.17, 15) is 33.9 Å². The van der Waals surface area contributed by atoms with Crippen molar-refractivity contribution in [1.82, 2.24) is 0 Å². The van der Waals surface area contributed by atoms with E-state index in [0.717, 1.165) is 43.4 Å². The highest BCUT2D eigenvalue weighted by Crippen LogP contribution is 2.24. The highest BCUT2D eigenvalue weighted by atomic mass is 16.6. The van der Waals surface area contributed by atoms with Crippen LogP contribution in [-0.4, -0.2) is 74.0 Å². The van der Waals surface area contributed by atoms with Crippen LogP contribution in [0.15, 0.2) is 116 Å². The molecule has 0 spiro atoms. The second-order valence-corrected chi connectivity index (χ2v) is 14.6. The minimum atomic E-state index is -0.664. The van der Waals surface area contributed by atoms with Gasteiger partial charge in [0.15, 0.2) is 0 Å². The van der Waals surface area contributed by atoms with Crippen molar-refractivity contribution in [2.45, 2.75) is 64.9 Å². The molecule has 4 aromatic carbocycles. The van der Waals surface area contributed by atoms with Gasteiger partial charge in [-0.05, 0) is 142 Å². The van der Waals surface area contributed by atoms with Gasteiger partial charge in [-0.15, -0.1) is 0 Å². The number of carbonyl (C=O) groups is 6. The number of esters is 6. The summed E-state index contributed by atoms with van der Waals surface area (Å²) in [6.07, 6.45) is 7.95. The van der Waals surface area contributed by atoms with Crippen molar-refractivity contribution < 1.29 is 67.0 Å². The smallest absolute Gasteiger partial charge is 0.343 e. The normalized spacial score (nSPS) is 11.0. The lowest BCUT2D eigenvalue weighted by Gasteiger charge is -2.13. The van der Waals surface area contributed by atoms with Crippen molar-refractivity contribution in [3.05, 3.63) is 150 Å². The molecule has 1 unspecified atom stereocenters. The number of rotatable bonds is 27. The van der Waals surface area contributed by atoms with Gasteiger partial charge in [0.25, 0.3) is 0 Å². The van der Waals surface area contributed by atoms with Crippen molar-refractivity contribution in [1.29, 1.82) is 0 Å². The maximum absolute atomic E-state index is 12.8. The Hall–Kier alpha value is -7.06. The minimum Gasteiger partial charge on any atom is -0.494 e. The fraction of sp³-hybridized carbons (Fsp3) is 0.320. The number of benzene rings is 4. The van der Waals surface area contributed by atoms with E-state index >= 15 is 0 Å². The molecule has 338 valence electrons. The average Bonchev–Trinajstić information content (AvgIpc) is 3.31. The Morgan fingerprint density at radius 2 is 1.02 bits per heavy atom. The molecule has 0 fully saturated rings. The number of carbonyl (C=O) groups excluding carboxylic acids is 6. The van der Waals surface area contributed by atoms with Gasteiger partial charge in [-0.3, -0.25) is 0 Å². The van der Waals surface area contributed by atoms with Crippen LogP contribution in [0.1, 0.15) is 104 Å². The van der Waals surface area contributed by atoms with Crippen LogP contribution in [0.2, 0.25) is 0 Å². The van der Waals surface area contributed by atoms with Crippen LogP contribution in [0, 0.1) is 5.92 Å². The second-order valence-electron chi connectivity index (χ2n) is 14.6. The first kappa shape index (κ1) is 49.6. The molecule has 0 aromatic heterocycles. The maximum Gasteiger partial charge on any atom is 0.343 e. The van der Waals surface area contributed by atoms with Crippen LogP contribution in [0.5, 0.6) is 17.2 Å². The lowest BCUT2D eigenvalue weighted by molar-refractivity contribution is -0.138. The Morgan fingerprint density at radius 1 is 0.531 bits per heavy atom. The fourth-order valence-corrected chi connectivity index (χ4v) is 5.89. The number of ether oxygens (including phenoxy) is 7. The van der Waals surface area contributed by atoms with E-state index in [-0.39, 0.29) is 53.9 Å². The van der Waals surface area contributed by atoms with Crippen molar-refractivity contribution in [2.24, 2.45) is 5.92 Å². The molecule has 0 bridgehead atoms. The molecule has 0 saturated carbocycles. The molecule has 1 N–H and O–H groups in total. The van der Waals surface area contributed by atoms with E-state index in [1.54, 1.807) is 36.4 Å². The summed E-state index contributed by atoms with van der Waals surface area (Å²) in [5, 5.41) is 9.95. The first-order valence-electron chi connectivity index (χ1n) is 21.0. The van der Waals surface area contributed by atoms with Crippen LogP contribution < -0.4 is 14.2 Å². The number of hydrogen-bond donors (Lipinski definition) is 1. The molecule has 14 heteroatoms. The molecule has 14 nitrogen and oxygen atoms in total. The summed E-state index contributed by atoms with van der Waals surface area (Å²) in [6.45, 7) is 9.43. The molecule has 64 heavy (non-hydrogen) atoms. The summed E-state index contributed by atoms with van der Waals surface area (Å²) >= 11 is 0. The second kappa shape index (κ2) is 27.1. The molecule has 0 amide bonds. The number of hydrogen-bond acceptors (Lipinski definition) is 14. The van der Waals surface area contributed by atoms with Crippen molar-refractivity contribution in [3.63, 3.8) is 0 Å². The van der Waals surface area contributed by atoms with Gasteiger partial charge in [0.05, 0.1) is 61.9 Å². The van der Waals surface area contributed by atoms with Gasteiger partial charge in [-0.2, -0.15) is 0 Å². The lowest BCUT2D eigenvalue weighted by atomic mass is 10.1. The average molecular weight is 879 g/mol. The van der Waals surface area contributed by atoms with E-state index in [0.29, 0.717) is 55.8 Å². The Kier molecular flexibility index (Phi) is 21.0. The lowest BCUT2D eigenvalue weighted by Crippen LogP contribution is -2.13. The van der Waals surface area contributed by atoms with Crippen molar-refractivity contribution >= 4 is 35.8 Å². The van der Waals surface area contributed by atoms with E-state index in [4.69, 9.17) is 33.2 Å². The minimum absolute atomic E-state index is 0.0491. The van der Waals surface area contributed by atoms with Gasteiger partial charge in [0, 0.05) is 17.7 Å². The molecule has 0 aliphatic carbocycles. The summed E-state index contributed by atoms with van der Waals surface area (Å²) in [5.41, 5.74) is 2.40. The zero-order valence-electron chi connectivity index (χ0n) is 36.0. The molecule has 0 heterocycles. The summed E-state index contributed by atoms with van der Waals surface area (Å²) in [5.74, 6) is -2.27. The monoisotopic (exact) mass is 878 g/mol. The zero-order valence-corrected chi connectivity index (χ0v) is 36.0. The highest BCUT2D eigenvalue weighted by molar-refractivity contribution is 5.93. The van der Waals surface area contributed by atoms with Crippen LogP contribution in [0.3, 0.4) is 0 Å². The Morgan fingerprint density at radius 3 is 1.59 bits per heavy atom. The Labute approximate surface area is 372 Å². The SMILES string of the molecule is C=CC(=O)OCCCCCc1ccc(C(=O)Oc2ccc(C(=O)OCCC(C)CCOC(=O)c3ccc(OC(=O)c4ccc(OCCCCOC(=O)C=C)cc4)c(CO)c3)cc2)cc1. The molecule has 0 saturated heterocycles. The molecule has 4 aromatic rings. The topological polar surface area (TPSA) is 187 Å². The third-order valence-corrected chi connectivity index (χ3v) is 9.68. The fourth-order valence-electron chi connectivity index (χ4n) is 5.89. The largest absolute Gasteiger partial charge is 0.494 e. The summed E-state index contributed by atoms with van der Waals surface area (Å²) in [4.78, 5) is 73.1. The highest BCUT2D eigenvalue weighted by Gasteiger charge is 2.17. The Bertz CT molecular complexity index is 2180. The molecule has 0 aliphatic heterocycles. The number of aryl methyl sites for hydroxylation is 1. The molecular formula is C50H54O14. The van der Waals surface area contributed by atoms with E-state index in [1.165, 1.54) is 42.5 Å². The predicted molar refractivity (Wildman–Crippen MR) is 235 cm³/mol. The predicted octanol–water partition coefficient (Wildman–Crippen LogP) is 8.38. The van der Waals surface area contributed by atoms with Gasteiger partial charge in [-0.25, -0.2) is 28.8 Å². The van der Waals surface area contributed by atoms with E-state index < -0.39 is 42.4 Å². The quantitative estimate of drug-likeness (QED) is 0.0198. The number of aliphatic hydroxyl groups excluding tert-OH is 1. The molecule has 0 aliphatic rings. The van der Waals surface area contributed by atoms with Gasteiger partial charge >= 0.3 is 35.8 Å². The van der Waals surface area contributed by atoms with E-state index in [1.807, 2.05) is 19.1 Å². The maximum atomic E-state index is 12.8. The number of unbranched alkanes of at least 4 members (excludes halogenated alkanes) is 3. The molecule has 1 atom stereocenters. The van der Waals surface area contributed by atoms with Crippen LogP contribution in [0.4, 0.5) is 0 Å². The summed E-state index contributed by atoms with van der Waals surface area (Å²) in [7, 11) is 0. The summed E-state index contributed by atoms with van der Waals surface area (Å²) < 4.78 is 37.4. The van der Waals surface area contributed by atoms with Crippen LogP contribution in [-0.2, 0) is 41.6 Å². The molecule has 0 radical (unpaired) electrons. The van der Waals surface area contributed by atoms with Crippen LogP contribution in [0.25, 0.3) is 0 Å².